The Balaban J connectivity index is 1.50. The van der Waals surface area contributed by atoms with Crippen molar-refractivity contribution in [2.24, 2.45) is 0 Å². The van der Waals surface area contributed by atoms with Crippen LogP contribution in [-0.2, 0) is 23.0 Å². The number of fused-ring (bicyclic) bond motifs is 8. The predicted molar refractivity (Wildman–Crippen MR) is 107 cm³/mol. The second-order valence-corrected chi connectivity index (χ2v) is 9.52. The Labute approximate surface area is 160 Å². The third kappa shape index (κ3) is 1.11. The third-order valence-electron chi connectivity index (χ3n) is 8.81. The fraction of sp³-hybridized carbons (Fsp3) is 0.308. The summed E-state index contributed by atoms with van der Waals surface area (Å²) in [5.41, 5.74) is 9.87. The minimum absolute atomic E-state index is 0.108. The molecule has 2 fully saturated rings. The molecule has 132 valence electrons. The molecule has 0 radical (unpaired) electrons. The van der Waals surface area contributed by atoms with Gasteiger partial charge in [-0.1, -0.05) is 78.4 Å². The predicted octanol–water partition coefficient (Wildman–Crippen LogP) is 5.15. The highest BCUT2D eigenvalue weighted by Crippen LogP contribution is 2.97. The van der Waals surface area contributed by atoms with Gasteiger partial charge < -0.3 is 0 Å². The Morgan fingerprint density at radius 3 is 1.96 bits per heavy atom. The van der Waals surface area contributed by atoms with Crippen molar-refractivity contribution in [1.82, 2.24) is 0 Å². The van der Waals surface area contributed by atoms with Crippen molar-refractivity contribution >= 4 is 0 Å². The van der Waals surface area contributed by atoms with E-state index < -0.39 is 0 Å². The van der Waals surface area contributed by atoms with Gasteiger partial charge >= 0.3 is 0 Å². The van der Waals surface area contributed by atoms with Gasteiger partial charge in [0.25, 0.3) is 0 Å². The topological polar surface area (TPSA) is 0 Å². The molecule has 0 aromatic heterocycles. The highest BCUT2D eigenvalue weighted by Gasteiger charge is 3.15. The quantitative estimate of drug-likeness (QED) is 0.443. The number of rotatable bonds is 2. The van der Waals surface area contributed by atoms with Crippen molar-refractivity contribution in [2.75, 3.05) is 0 Å². The Kier molecular flexibility index (Phi) is 2.12. The SMILES string of the molecule is Cc1ccc(C[C@@]23c4ccccc4C4(C)c5ccccc5[C@@]5(C)C2[N+]453)cc1. The summed E-state index contributed by atoms with van der Waals surface area (Å²) in [6, 6.07) is 28.6. The molecular weight excluding hydrogens is 326 g/mol. The van der Waals surface area contributed by atoms with E-state index in [1.807, 2.05) is 0 Å². The molecule has 1 spiro atoms. The molecule has 1 heteroatoms. The van der Waals surface area contributed by atoms with Gasteiger partial charge in [0.05, 0.1) is 0 Å². The summed E-state index contributed by atoms with van der Waals surface area (Å²) >= 11 is 0. The smallest absolute Gasteiger partial charge is 0.211 e. The third-order valence-corrected chi connectivity index (χ3v) is 8.81. The second kappa shape index (κ2) is 3.91. The lowest BCUT2D eigenvalue weighted by Gasteiger charge is -2.31. The van der Waals surface area contributed by atoms with Crippen LogP contribution in [0.1, 0.15) is 47.2 Å². The fourth-order valence-corrected chi connectivity index (χ4v) is 8.12. The zero-order valence-corrected chi connectivity index (χ0v) is 16.2. The molecule has 4 aliphatic rings. The zero-order chi connectivity index (χ0) is 18.2. The second-order valence-electron chi connectivity index (χ2n) is 9.52. The molecule has 5 atom stereocenters. The van der Waals surface area contributed by atoms with Crippen LogP contribution >= 0.6 is 0 Å². The van der Waals surface area contributed by atoms with Crippen LogP contribution in [-0.4, -0.2) is 10.5 Å². The van der Waals surface area contributed by atoms with Crippen LogP contribution in [0.5, 0.6) is 0 Å². The van der Waals surface area contributed by atoms with E-state index in [1.165, 1.54) is 15.6 Å². The molecule has 0 amide bonds. The molecule has 1 nitrogen and oxygen atoms in total. The Bertz CT molecular complexity index is 1160. The van der Waals surface area contributed by atoms with Gasteiger partial charge in [0, 0.05) is 35.6 Å². The van der Waals surface area contributed by atoms with E-state index >= 15 is 0 Å². The molecule has 4 heterocycles. The monoisotopic (exact) mass is 350 g/mol. The molecule has 0 N–H and O–H groups in total. The summed E-state index contributed by atoms with van der Waals surface area (Å²) < 4.78 is 1.25. The van der Waals surface area contributed by atoms with Crippen molar-refractivity contribution < 1.29 is 4.48 Å². The normalized spacial score (nSPS) is 40.8. The first kappa shape index (κ1) is 14.6. The van der Waals surface area contributed by atoms with Crippen LogP contribution in [0.3, 0.4) is 0 Å². The minimum atomic E-state index is 0.108. The molecule has 7 rings (SSSR count). The highest BCUT2D eigenvalue weighted by atomic mass is 15.8. The van der Waals surface area contributed by atoms with E-state index in [0.29, 0.717) is 5.54 Å². The summed E-state index contributed by atoms with van der Waals surface area (Å²) in [6.45, 7) is 7.23. The lowest BCUT2D eigenvalue weighted by molar-refractivity contribution is -0.832. The molecule has 0 aliphatic carbocycles. The first-order valence-electron chi connectivity index (χ1n) is 10.2. The highest BCUT2D eigenvalue weighted by molar-refractivity contribution is 5.67. The largest absolute Gasteiger partial charge is 0.270 e. The van der Waals surface area contributed by atoms with Gasteiger partial charge in [-0.2, -0.15) is 0 Å². The maximum absolute atomic E-state index is 2.53. The van der Waals surface area contributed by atoms with Gasteiger partial charge in [0.15, 0.2) is 16.6 Å². The van der Waals surface area contributed by atoms with Gasteiger partial charge in [-0.3, -0.25) is 4.48 Å². The van der Waals surface area contributed by atoms with Crippen LogP contribution < -0.4 is 0 Å². The molecule has 27 heavy (non-hydrogen) atoms. The van der Waals surface area contributed by atoms with Crippen molar-refractivity contribution in [3.63, 3.8) is 0 Å². The lowest BCUT2D eigenvalue weighted by atomic mass is 9.72. The number of aryl methyl sites for hydroxylation is 1. The van der Waals surface area contributed by atoms with E-state index in [-0.39, 0.29) is 11.1 Å². The van der Waals surface area contributed by atoms with E-state index in [2.05, 4.69) is 93.6 Å². The maximum Gasteiger partial charge on any atom is 0.211 e. The Morgan fingerprint density at radius 1 is 0.741 bits per heavy atom. The van der Waals surface area contributed by atoms with Crippen LogP contribution in [0.25, 0.3) is 0 Å². The van der Waals surface area contributed by atoms with Gasteiger partial charge in [-0.05, 0) is 19.4 Å². The average molecular weight is 350 g/mol. The Hall–Kier alpha value is -2.38. The summed E-state index contributed by atoms with van der Waals surface area (Å²) in [4.78, 5) is 0. The molecule has 4 aliphatic heterocycles. The number of hydrogen-bond acceptors (Lipinski definition) is 0. The summed E-state index contributed by atoms with van der Waals surface area (Å²) in [6.07, 6.45) is 1.16. The van der Waals surface area contributed by atoms with Crippen LogP contribution in [0, 0.1) is 6.92 Å². The van der Waals surface area contributed by atoms with Crippen LogP contribution in [0.15, 0.2) is 72.8 Å². The van der Waals surface area contributed by atoms with Gasteiger partial charge in [0.1, 0.15) is 0 Å². The standard InChI is InChI=1S/C26H24N/c1-17-12-14-18(15-13-17)16-26-22-11-7-6-10-21(22)24(2)19-8-4-5-9-20(19)25(3)23(26)27(24,25)26/h4-15,23H,16H2,1-3H3/q+1/t23?,24?,25-,26+,27?/m0/s1. The van der Waals surface area contributed by atoms with Crippen LogP contribution in [0.4, 0.5) is 0 Å². The van der Waals surface area contributed by atoms with Gasteiger partial charge in [-0.25, -0.2) is 0 Å². The fourth-order valence-electron chi connectivity index (χ4n) is 8.12. The number of hydrogen-bond donors (Lipinski definition) is 0. The molecular formula is C26H24N+. The molecule has 0 saturated carbocycles. The summed E-state index contributed by atoms with van der Waals surface area (Å²) in [7, 11) is 0. The zero-order valence-electron chi connectivity index (χ0n) is 16.2. The van der Waals surface area contributed by atoms with Gasteiger partial charge in [-0.15, -0.1) is 0 Å². The van der Waals surface area contributed by atoms with Crippen LogP contribution in [0.2, 0.25) is 0 Å². The molecule has 3 unspecified atom stereocenters. The molecule has 0 bridgehead atoms. The van der Waals surface area contributed by atoms with E-state index in [0.717, 1.165) is 12.5 Å². The van der Waals surface area contributed by atoms with Gasteiger partial charge in [0.2, 0.25) is 6.04 Å². The minimum Gasteiger partial charge on any atom is -0.270 e. The average Bonchev–Trinajstić information content (AvgIpc) is 3.49. The van der Waals surface area contributed by atoms with Crippen molar-refractivity contribution in [3.8, 4) is 0 Å². The van der Waals surface area contributed by atoms with Crippen molar-refractivity contribution in [2.45, 2.75) is 49.9 Å². The van der Waals surface area contributed by atoms with Crippen molar-refractivity contribution in [3.05, 3.63) is 106 Å². The number of benzene rings is 3. The Morgan fingerprint density at radius 2 is 1.30 bits per heavy atom. The lowest BCUT2D eigenvalue weighted by Crippen LogP contribution is -2.45. The number of nitrogens with zero attached hydrogens (tertiary/aromatic N) is 1. The van der Waals surface area contributed by atoms with E-state index in [1.54, 1.807) is 22.3 Å². The summed E-state index contributed by atoms with van der Waals surface area (Å²) in [5, 5.41) is 0. The first-order valence-corrected chi connectivity index (χ1v) is 10.2. The molecule has 3 aromatic rings. The first-order chi connectivity index (χ1) is 13.0. The van der Waals surface area contributed by atoms with Crippen molar-refractivity contribution in [1.29, 1.82) is 0 Å². The molecule has 3 aromatic carbocycles. The number of quaternary nitrogens is 1. The maximum atomic E-state index is 2.53. The van der Waals surface area contributed by atoms with E-state index in [4.69, 9.17) is 0 Å². The summed E-state index contributed by atoms with van der Waals surface area (Å²) in [5.74, 6) is 0. The molecule has 2 saturated heterocycles. The van der Waals surface area contributed by atoms with E-state index in [9.17, 15) is 0 Å².